The summed E-state index contributed by atoms with van der Waals surface area (Å²) in [5.74, 6) is -0.196. The molecule has 0 bridgehead atoms. The highest BCUT2D eigenvalue weighted by atomic mass is 127. The first-order valence-electron chi connectivity index (χ1n) is 4.53. The molecule has 80 valence electrons. The van der Waals surface area contributed by atoms with Gasteiger partial charge >= 0.3 is 0 Å². The fraction of sp³-hybridized carbons (Fsp3) is 0.182. The van der Waals surface area contributed by atoms with E-state index in [1.807, 2.05) is 3.11 Å². The molecule has 0 atom stereocenters. The topological polar surface area (TPSA) is 15.6 Å². The average molecular weight is 318 g/mol. The van der Waals surface area contributed by atoms with Crippen LogP contribution in [0.4, 0.5) is 4.39 Å². The molecule has 0 radical (unpaired) electrons. The molecule has 0 saturated carbocycles. The van der Waals surface area contributed by atoms with E-state index in [0.29, 0.717) is 0 Å². The lowest BCUT2D eigenvalue weighted by Gasteiger charge is -2.09. The zero-order valence-electron chi connectivity index (χ0n) is 8.24. The number of hydrogen-bond donors (Lipinski definition) is 0. The summed E-state index contributed by atoms with van der Waals surface area (Å²) in [5.41, 5.74) is 1.12. The molecule has 0 heterocycles. The van der Waals surface area contributed by atoms with Crippen LogP contribution in [-0.4, -0.2) is 16.0 Å². The van der Waals surface area contributed by atoms with Crippen molar-refractivity contribution in [3.05, 3.63) is 48.4 Å². The Morgan fingerprint density at radius 2 is 2.07 bits per heavy atom. The monoisotopic (exact) mass is 318 g/mol. The maximum atomic E-state index is 12.6. The van der Waals surface area contributed by atoms with Gasteiger partial charge in [0.2, 0.25) is 0 Å². The molecule has 0 aromatic heterocycles. The van der Waals surface area contributed by atoms with E-state index in [4.69, 9.17) is 0 Å². The van der Waals surface area contributed by atoms with Crippen molar-refractivity contribution in [1.29, 1.82) is 0 Å². The summed E-state index contributed by atoms with van der Waals surface area (Å²) >= 11 is 2.16. The standard InChI is InChI=1S/C11H12FIN2/c1-2-14-9-15(13)8-7-10-3-5-11(12)6-4-10/h2-6,9H,1,7-8H2/b14-9-. The Kier molecular flexibility index (Phi) is 5.31. The molecule has 0 N–H and O–H groups in total. The zero-order chi connectivity index (χ0) is 11.1. The van der Waals surface area contributed by atoms with Crippen molar-refractivity contribution in [3.63, 3.8) is 0 Å². The third-order valence-electron chi connectivity index (χ3n) is 1.82. The number of nitrogens with zero attached hydrogens (tertiary/aromatic N) is 2. The van der Waals surface area contributed by atoms with Crippen LogP contribution in [0.3, 0.4) is 0 Å². The first-order valence-corrected chi connectivity index (χ1v) is 5.50. The molecule has 0 fully saturated rings. The van der Waals surface area contributed by atoms with Gasteiger partial charge < -0.3 is 3.11 Å². The zero-order valence-corrected chi connectivity index (χ0v) is 10.4. The van der Waals surface area contributed by atoms with E-state index in [-0.39, 0.29) is 5.82 Å². The van der Waals surface area contributed by atoms with Crippen LogP contribution in [0.2, 0.25) is 0 Å². The van der Waals surface area contributed by atoms with Crippen molar-refractivity contribution in [1.82, 2.24) is 3.11 Å². The smallest absolute Gasteiger partial charge is 0.123 e. The molecule has 0 aliphatic carbocycles. The third-order valence-corrected chi connectivity index (χ3v) is 2.56. The lowest BCUT2D eigenvalue weighted by Crippen LogP contribution is -2.12. The number of aliphatic imine (C=N–C) groups is 1. The summed E-state index contributed by atoms with van der Waals surface area (Å²) in [5, 5.41) is 0. The van der Waals surface area contributed by atoms with Gasteiger partial charge in [-0.05, 0) is 24.1 Å². The van der Waals surface area contributed by atoms with Crippen LogP contribution in [0.15, 0.2) is 42.0 Å². The Hall–Kier alpha value is -0.910. The highest BCUT2D eigenvalue weighted by Gasteiger charge is 1.97. The molecule has 1 aromatic rings. The second-order valence-corrected chi connectivity index (χ2v) is 4.19. The van der Waals surface area contributed by atoms with E-state index < -0.39 is 0 Å². The summed E-state index contributed by atoms with van der Waals surface area (Å²) in [6.45, 7) is 4.33. The Morgan fingerprint density at radius 1 is 1.40 bits per heavy atom. The Balaban J connectivity index is 2.39. The minimum absolute atomic E-state index is 0.196. The van der Waals surface area contributed by atoms with Gasteiger partial charge in [-0.25, -0.2) is 9.38 Å². The molecule has 0 unspecified atom stereocenters. The van der Waals surface area contributed by atoms with Crippen LogP contribution in [0, 0.1) is 5.82 Å². The van der Waals surface area contributed by atoms with Gasteiger partial charge in [0.1, 0.15) is 5.82 Å². The lowest BCUT2D eigenvalue weighted by atomic mass is 10.1. The van der Waals surface area contributed by atoms with Gasteiger partial charge in [0.25, 0.3) is 0 Å². The van der Waals surface area contributed by atoms with Crippen LogP contribution in [0.25, 0.3) is 0 Å². The van der Waals surface area contributed by atoms with Crippen molar-refractivity contribution < 1.29 is 4.39 Å². The van der Waals surface area contributed by atoms with Gasteiger partial charge in [0.15, 0.2) is 0 Å². The molecule has 0 aliphatic rings. The normalized spacial score (nSPS) is 10.5. The number of rotatable bonds is 5. The summed E-state index contributed by atoms with van der Waals surface area (Å²) in [4.78, 5) is 3.90. The molecule has 1 rings (SSSR count). The molecule has 0 amide bonds. The Labute approximate surface area is 103 Å². The second-order valence-electron chi connectivity index (χ2n) is 2.95. The van der Waals surface area contributed by atoms with Crippen molar-refractivity contribution in [2.24, 2.45) is 4.99 Å². The largest absolute Gasteiger partial charge is 0.305 e. The molecular weight excluding hydrogens is 306 g/mol. The van der Waals surface area contributed by atoms with Crippen molar-refractivity contribution in [2.45, 2.75) is 6.42 Å². The van der Waals surface area contributed by atoms with Gasteiger partial charge in [-0.3, -0.25) is 0 Å². The first kappa shape index (κ1) is 12.2. The highest BCUT2D eigenvalue weighted by Crippen LogP contribution is 2.05. The van der Waals surface area contributed by atoms with E-state index in [9.17, 15) is 4.39 Å². The van der Waals surface area contributed by atoms with E-state index in [2.05, 4.69) is 34.4 Å². The van der Waals surface area contributed by atoms with Crippen molar-refractivity contribution in [3.8, 4) is 0 Å². The predicted molar refractivity (Wildman–Crippen MR) is 69.5 cm³/mol. The van der Waals surface area contributed by atoms with Gasteiger partial charge in [-0.1, -0.05) is 18.7 Å². The van der Waals surface area contributed by atoms with Gasteiger partial charge in [0, 0.05) is 12.7 Å². The summed E-state index contributed by atoms with van der Waals surface area (Å²) in [6, 6.07) is 6.55. The number of halogens is 2. The summed E-state index contributed by atoms with van der Waals surface area (Å²) < 4.78 is 14.5. The molecule has 0 aliphatic heterocycles. The second kappa shape index (κ2) is 6.55. The minimum atomic E-state index is -0.196. The summed E-state index contributed by atoms with van der Waals surface area (Å²) in [7, 11) is 0. The van der Waals surface area contributed by atoms with Crippen molar-refractivity contribution in [2.75, 3.05) is 6.54 Å². The predicted octanol–water partition coefficient (Wildman–Crippen LogP) is 3.19. The minimum Gasteiger partial charge on any atom is -0.305 e. The van der Waals surface area contributed by atoms with Crippen LogP contribution in [0.1, 0.15) is 5.56 Å². The lowest BCUT2D eigenvalue weighted by molar-refractivity contribution is 0.626. The van der Waals surface area contributed by atoms with Gasteiger partial charge in [-0.2, -0.15) is 0 Å². The quantitative estimate of drug-likeness (QED) is 0.352. The summed E-state index contributed by atoms with van der Waals surface area (Å²) in [6.07, 6.45) is 4.06. The molecule has 15 heavy (non-hydrogen) atoms. The number of hydrogen-bond acceptors (Lipinski definition) is 1. The maximum Gasteiger partial charge on any atom is 0.123 e. The average Bonchev–Trinajstić information content (AvgIpc) is 2.25. The molecular formula is C11H12FIN2. The maximum absolute atomic E-state index is 12.6. The molecule has 0 spiro atoms. The Bertz CT molecular complexity index is 335. The van der Waals surface area contributed by atoms with Gasteiger partial charge in [0.05, 0.1) is 29.2 Å². The van der Waals surface area contributed by atoms with Gasteiger partial charge in [-0.15, -0.1) is 0 Å². The van der Waals surface area contributed by atoms with Crippen LogP contribution >= 0.6 is 22.9 Å². The van der Waals surface area contributed by atoms with E-state index in [0.717, 1.165) is 18.5 Å². The Morgan fingerprint density at radius 3 is 2.67 bits per heavy atom. The SMILES string of the molecule is C=C/N=C\N(I)CCc1ccc(F)cc1. The fourth-order valence-corrected chi connectivity index (χ4v) is 1.45. The highest BCUT2D eigenvalue weighted by molar-refractivity contribution is 14.1. The van der Waals surface area contributed by atoms with Crippen LogP contribution in [-0.2, 0) is 6.42 Å². The first-order chi connectivity index (χ1) is 7.22. The fourth-order valence-electron chi connectivity index (χ4n) is 1.06. The molecule has 4 heteroatoms. The van der Waals surface area contributed by atoms with E-state index >= 15 is 0 Å². The van der Waals surface area contributed by atoms with E-state index in [1.165, 1.54) is 18.3 Å². The van der Waals surface area contributed by atoms with E-state index in [1.54, 1.807) is 18.5 Å². The molecule has 0 saturated heterocycles. The van der Waals surface area contributed by atoms with Crippen molar-refractivity contribution >= 4 is 29.2 Å². The number of benzene rings is 1. The molecule has 1 aromatic carbocycles. The molecule has 2 nitrogen and oxygen atoms in total. The van der Waals surface area contributed by atoms with Crippen LogP contribution < -0.4 is 0 Å². The van der Waals surface area contributed by atoms with Crippen LogP contribution in [0.5, 0.6) is 0 Å². The third kappa shape index (κ3) is 4.92.